The highest BCUT2D eigenvalue weighted by Crippen LogP contribution is 2.15. The molecule has 1 aliphatic heterocycles. The molecule has 27 heavy (non-hydrogen) atoms. The van der Waals surface area contributed by atoms with Crippen molar-refractivity contribution >= 4 is 35.8 Å². The third-order valence-corrected chi connectivity index (χ3v) is 4.53. The molecule has 0 bridgehead atoms. The minimum atomic E-state index is -0.423. The predicted octanol–water partition coefficient (Wildman–Crippen LogP) is 1.57. The van der Waals surface area contributed by atoms with Crippen molar-refractivity contribution in [3.05, 3.63) is 35.4 Å². The first-order valence-corrected chi connectivity index (χ1v) is 9.16. The van der Waals surface area contributed by atoms with Crippen LogP contribution in [0.3, 0.4) is 0 Å². The van der Waals surface area contributed by atoms with Gasteiger partial charge in [0.1, 0.15) is 0 Å². The minimum Gasteiger partial charge on any atom is -0.379 e. The molecule has 1 fully saturated rings. The number of carbonyl (C=O) groups is 1. The van der Waals surface area contributed by atoms with Crippen LogP contribution in [0.4, 0.5) is 0 Å². The molecule has 0 aromatic heterocycles. The quantitative estimate of drug-likeness (QED) is 0.307. The normalized spacial score (nSPS) is 15.7. The summed E-state index contributed by atoms with van der Waals surface area (Å²) in [6, 6.07) is 7.26. The van der Waals surface area contributed by atoms with Crippen LogP contribution in [-0.2, 0) is 11.3 Å². The molecule has 152 valence electrons. The Balaban J connectivity index is 0.00000364. The van der Waals surface area contributed by atoms with Gasteiger partial charge in [-0.25, -0.2) is 4.99 Å². The summed E-state index contributed by atoms with van der Waals surface area (Å²) in [6.45, 7) is 12.0. The summed E-state index contributed by atoms with van der Waals surface area (Å²) >= 11 is 0. The molecule has 4 N–H and O–H groups in total. The fourth-order valence-corrected chi connectivity index (χ4v) is 2.92. The number of benzene rings is 1. The molecular formula is C19H32IN5O2. The third kappa shape index (κ3) is 7.63. The van der Waals surface area contributed by atoms with E-state index >= 15 is 0 Å². The van der Waals surface area contributed by atoms with Crippen LogP contribution in [0.25, 0.3) is 0 Å². The number of nitrogens with zero attached hydrogens (tertiary/aromatic N) is 2. The lowest BCUT2D eigenvalue weighted by molar-refractivity contribution is -0.00834. The van der Waals surface area contributed by atoms with E-state index in [4.69, 9.17) is 10.5 Å². The molecule has 1 amide bonds. The molecule has 0 spiro atoms. The summed E-state index contributed by atoms with van der Waals surface area (Å²) in [5, 5.41) is 6.70. The Morgan fingerprint density at radius 2 is 2.00 bits per heavy atom. The van der Waals surface area contributed by atoms with Crippen LogP contribution >= 0.6 is 24.0 Å². The third-order valence-electron chi connectivity index (χ3n) is 4.53. The molecule has 0 atom stereocenters. The van der Waals surface area contributed by atoms with E-state index in [0.29, 0.717) is 12.1 Å². The Hall–Kier alpha value is -1.39. The van der Waals surface area contributed by atoms with Crippen molar-refractivity contribution in [2.45, 2.75) is 32.9 Å². The summed E-state index contributed by atoms with van der Waals surface area (Å²) in [5.41, 5.74) is 6.80. The lowest BCUT2D eigenvalue weighted by atomic mass is 10.0. The largest absolute Gasteiger partial charge is 0.379 e. The van der Waals surface area contributed by atoms with Gasteiger partial charge >= 0.3 is 0 Å². The Bertz CT molecular complexity index is 630. The number of rotatable bonds is 7. The van der Waals surface area contributed by atoms with E-state index in [-0.39, 0.29) is 29.5 Å². The van der Waals surface area contributed by atoms with Gasteiger partial charge in [0.05, 0.1) is 19.8 Å². The monoisotopic (exact) mass is 489 g/mol. The Labute approximate surface area is 179 Å². The molecule has 0 radical (unpaired) electrons. The standard InChI is InChI=1S/C19H31N5O2.HI/c1-4-21-18(22-13-15-6-5-7-16(12-15)17(20)25)23-14-19(2,3)24-8-10-26-11-9-24;/h5-7,12H,4,8-11,13-14H2,1-3H3,(H2,20,25)(H2,21,22,23);1H. The van der Waals surface area contributed by atoms with Gasteiger partial charge in [0.25, 0.3) is 0 Å². The van der Waals surface area contributed by atoms with Crippen molar-refractivity contribution in [1.29, 1.82) is 0 Å². The highest BCUT2D eigenvalue weighted by molar-refractivity contribution is 14.0. The molecule has 1 aromatic rings. The summed E-state index contributed by atoms with van der Waals surface area (Å²) in [7, 11) is 0. The first-order valence-electron chi connectivity index (χ1n) is 9.16. The Kier molecular flexibility index (Phi) is 10.0. The second kappa shape index (κ2) is 11.5. The first-order chi connectivity index (χ1) is 12.4. The zero-order valence-electron chi connectivity index (χ0n) is 16.5. The summed E-state index contributed by atoms with van der Waals surface area (Å²) in [5.74, 6) is 0.339. The van der Waals surface area contributed by atoms with Gasteiger partial charge in [-0.1, -0.05) is 12.1 Å². The molecule has 0 saturated carbocycles. The number of halogens is 1. The van der Waals surface area contributed by atoms with Gasteiger partial charge in [0, 0.05) is 37.3 Å². The number of hydrogen-bond acceptors (Lipinski definition) is 4. The summed E-state index contributed by atoms with van der Waals surface area (Å²) < 4.78 is 5.44. The van der Waals surface area contributed by atoms with Crippen LogP contribution in [0.5, 0.6) is 0 Å². The highest BCUT2D eigenvalue weighted by atomic mass is 127. The van der Waals surface area contributed by atoms with Crippen molar-refractivity contribution in [1.82, 2.24) is 15.5 Å². The van der Waals surface area contributed by atoms with E-state index in [1.165, 1.54) is 0 Å². The number of aliphatic imine (C=N–C) groups is 1. The Morgan fingerprint density at radius 3 is 2.63 bits per heavy atom. The number of ether oxygens (including phenoxy) is 1. The van der Waals surface area contributed by atoms with Gasteiger partial charge in [-0.05, 0) is 38.5 Å². The molecule has 1 saturated heterocycles. The number of nitrogens with two attached hydrogens (primary N) is 1. The van der Waals surface area contributed by atoms with E-state index in [1.54, 1.807) is 12.1 Å². The number of hydrogen-bond donors (Lipinski definition) is 3. The van der Waals surface area contributed by atoms with Crippen molar-refractivity contribution in [2.24, 2.45) is 10.7 Å². The zero-order valence-corrected chi connectivity index (χ0v) is 18.8. The van der Waals surface area contributed by atoms with Gasteiger partial charge in [-0.2, -0.15) is 0 Å². The maximum Gasteiger partial charge on any atom is 0.248 e. The SMILES string of the molecule is CCNC(=NCc1cccc(C(N)=O)c1)NCC(C)(C)N1CCOCC1.I. The van der Waals surface area contributed by atoms with E-state index in [9.17, 15) is 4.79 Å². The molecule has 1 heterocycles. The second-order valence-electron chi connectivity index (χ2n) is 7.03. The molecule has 7 nitrogen and oxygen atoms in total. The van der Waals surface area contributed by atoms with Crippen LogP contribution in [0.2, 0.25) is 0 Å². The summed E-state index contributed by atoms with van der Waals surface area (Å²) in [6.07, 6.45) is 0. The Morgan fingerprint density at radius 1 is 1.30 bits per heavy atom. The van der Waals surface area contributed by atoms with Gasteiger partial charge in [-0.15, -0.1) is 24.0 Å². The van der Waals surface area contributed by atoms with E-state index < -0.39 is 5.91 Å². The van der Waals surface area contributed by atoms with Gasteiger partial charge in [0.15, 0.2) is 5.96 Å². The highest BCUT2D eigenvalue weighted by Gasteiger charge is 2.28. The molecule has 1 aromatic carbocycles. The lowest BCUT2D eigenvalue weighted by Crippen LogP contribution is -2.56. The van der Waals surface area contributed by atoms with Crippen LogP contribution < -0.4 is 16.4 Å². The fourth-order valence-electron chi connectivity index (χ4n) is 2.92. The van der Waals surface area contributed by atoms with Crippen LogP contribution in [-0.4, -0.2) is 61.7 Å². The maximum atomic E-state index is 11.3. The van der Waals surface area contributed by atoms with E-state index in [0.717, 1.165) is 50.9 Å². The van der Waals surface area contributed by atoms with E-state index in [1.807, 2.05) is 19.1 Å². The fraction of sp³-hybridized carbons (Fsp3) is 0.579. The average molecular weight is 489 g/mol. The number of morpholine rings is 1. The van der Waals surface area contributed by atoms with Crippen molar-refractivity contribution in [3.63, 3.8) is 0 Å². The molecule has 1 aliphatic rings. The predicted molar refractivity (Wildman–Crippen MR) is 120 cm³/mol. The van der Waals surface area contributed by atoms with Crippen LogP contribution in [0.15, 0.2) is 29.3 Å². The summed E-state index contributed by atoms with van der Waals surface area (Å²) in [4.78, 5) is 18.4. The number of carbonyl (C=O) groups excluding carboxylic acids is 1. The number of amides is 1. The number of nitrogens with one attached hydrogen (secondary N) is 2. The van der Waals surface area contributed by atoms with Crippen LogP contribution in [0.1, 0.15) is 36.7 Å². The minimum absolute atomic E-state index is 0. The van der Waals surface area contributed by atoms with Crippen LogP contribution in [0, 0.1) is 0 Å². The lowest BCUT2D eigenvalue weighted by Gasteiger charge is -2.41. The zero-order chi connectivity index (χ0) is 19.0. The van der Waals surface area contributed by atoms with Gasteiger partial charge < -0.3 is 21.1 Å². The van der Waals surface area contributed by atoms with Gasteiger partial charge in [-0.3, -0.25) is 9.69 Å². The second-order valence-corrected chi connectivity index (χ2v) is 7.03. The molecule has 8 heteroatoms. The molecule has 2 rings (SSSR count). The smallest absolute Gasteiger partial charge is 0.248 e. The van der Waals surface area contributed by atoms with Crippen molar-refractivity contribution in [2.75, 3.05) is 39.4 Å². The molecular weight excluding hydrogens is 457 g/mol. The molecule has 0 aliphatic carbocycles. The van der Waals surface area contributed by atoms with Gasteiger partial charge in [0.2, 0.25) is 5.91 Å². The maximum absolute atomic E-state index is 11.3. The molecule has 0 unspecified atom stereocenters. The van der Waals surface area contributed by atoms with E-state index in [2.05, 4.69) is 34.4 Å². The number of guanidine groups is 1. The topological polar surface area (TPSA) is 92.0 Å². The number of primary amides is 1. The van der Waals surface area contributed by atoms with Crippen molar-refractivity contribution < 1.29 is 9.53 Å². The first kappa shape index (κ1) is 23.6. The average Bonchev–Trinajstić information content (AvgIpc) is 2.65. The van der Waals surface area contributed by atoms with Crippen molar-refractivity contribution in [3.8, 4) is 0 Å².